The molecule has 0 unspecified atom stereocenters. The molecular formula is C11H18N2. The van der Waals surface area contributed by atoms with Crippen LogP contribution in [0, 0.1) is 0 Å². The number of hydrogen-bond donors (Lipinski definition) is 0. The lowest BCUT2D eigenvalue weighted by atomic mass is 10.0. The lowest BCUT2D eigenvalue weighted by Crippen LogP contribution is -2.37. The van der Waals surface area contributed by atoms with Crippen LogP contribution in [0.4, 0.5) is 0 Å². The first-order valence-electron chi connectivity index (χ1n) is 4.54. The second-order valence-electron chi connectivity index (χ2n) is 4.47. The molecule has 0 amide bonds. The minimum absolute atomic E-state index is 0.0581. The molecule has 0 radical (unpaired) electrons. The molecule has 0 aromatic rings. The minimum atomic E-state index is 0.0581. The van der Waals surface area contributed by atoms with Crippen LogP contribution >= 0.6 is 0 Å². The molecule has 0 spiro atoms. The summed E-state index contributed by atoms with van der Waals surface area (Å²) in [5.74, 6) is 0.829. The minimum Gasteiger partial charge on any atom is -0.328 e. The molecule has 0 aromatic carbocycles. The van der Waals surface area contributed by atoms with Gasteiger partial charge in [-0.1, -0.05) is 6.58 Å². The Labute approximate surface area is 80.7 Å². The van der Waals surface area contributed by atoms with E-state index < -0.39 is 0 Å². The highest BCUT2D eigenvalue weighted by Crippen LogP contribution is 2.24. The Balaban J connectivity index is 3.01. The Morgan fingerprint density at radius 3 is 2.31 bits per heavy atom. The average molecular weight is 178 g/mol. The quantitative estimate of drug-likeness (QED) is 0.557. The number of hydrogen-bond acceptors (Lipinski definition) is 2. The van der Waals surface area contributed by atoms with Crippen molar-refractivity contribution in [1.29, 1.82) is 0 Å². The van der Waals surface area contributed by atoms with Gasteiger partial charge in [0.1, 0.15) is 5.82 Å². The van der Waals surface area contributed by atoms with Crippen LogP contribution in [0.25, 0.3) is 0 Å². The molecule has 0 N–H and O–H groups in total. The summed E-state index contributed by atoms with van der Waals surface area (Å²) in [7, 11) is 0. The third kappa shape index (κ3) is 2.00. The normalized spacial score (nSPS) is 18.5. The van der Waals surface area contributed by atoms with E-state index in [9.17, 15) is 0 Å². The molecule has 2 nitrogen and oxygen atoms in total. The maximum Gasteiger partial charge on any atom is 0.125 e. The zero-order valence-electron chi connectivity index (χ0n) is 9.18. The fourth-order valence-electron chi connectivity index (χ4n) is 1.28. The fraction of sp³-hybridized carbons (Fsp3) is 0.545. The van der Waals surface area contributed by atoms with Crippen LogP contribution in [0.2, 0.25) is 0 Å². The molecule has 0 bridgehead atoms. The molecule has 13 heavy (non-hydrogen) atoms. The summed E-state index contributed by atoms with van der Waals surface area (Å²) in [5, 5.41) is 0. The van der Waals surface area contributed by atoms with E-state index in [0.29, 0.717) is 0 Å². The lowest BCUT2D eigenvalue weighted by Gasteiger charge is -2.37. The van der Waals surface area contributed by atoms with Crippen molar-refractivity contribution < 1.29 is 0 Å². The van der Waals surface area contributed by atoms with E-state index in [2.05, 4.69) is 50.4 Å². The van der Waals surface area contributed by atoms with Gasteiger partial charge in [-0.15, -0.1) is 0 Å². The van der Waals surface area contributed by atoms with Gasteiger partial charge in [0.2, 0.25) is 0 Å². The van der Waals surface area contributed by atoms with Crippen molar-refractivity contribution in [2.45, 2.75) is 40.2 Å². The van der Waals surface area contributed by atoms with Crippen LogP contribution in [0.15, 0.2) is 29.2 Å². The Bertz CT molecular complexity index is 290. The first kappa shape index (κ1) is 10.0. The summed E-state index contributed by atoms with van der Waals surface area (Å²) < 4.78 is 0. The predicted octanol–water partition coefficient (Wildman–Crippen LogP) is 2.94. The molecule has 2 heteroatoms. The molecule has 0 saturated heterocycles. The van der Waals surface area contributed by atoms with E-state index >= 15 is 0 Å². The number of allylic oxidation sites excluding steroid dienone is 1. The third-order valence-electron chi connectivity index (χ3n) is 2.19. The van der Waals surface area contributed by atoms with Crippen LogP contribution in [0.1, 0.15) is 34.6 Å². The Hall–Kier alpha value is -1.05. The molecule has 1 rings (SSSR count). The van der Waals surface area contributed by atoms with Crippen molar-refractivity contribution in [3.63, 3.8) is 0 Å². The van der Waals surface area contributed by atoms with Gasteiger partial charge >= 0.3 is 0 Å². The van der Waals surface area contributed by atoms with Crippen LogP contribution in [0.3, 0.4) is 0 Å². The van der Waals surface area contributed by atoms with Crippen molar-refractivity contribution in [2.75, 3.05) is 0 Å². The Kier molecular flexibility index (Phi) is 2.33. The molecular weight excluding hydrogens is 160 g/mol. The molecule has 0 fully saturated rings. The van der Waals surface area contributed by atoms with E-state index in [1.807, 2.05) is 6.92 Å². The summed E-state index contributed by atoms with van der Waals surface area (Å²) in [6.45, 7) is 14.5. The van der Waals surface area contributed by atoms with Gasteiger partial charge in [-0.25, -0.2) is 4.99 Å². The summed E-state index contributed by atoms with van der Waals surface area (Å²) in [5.41, 5.74) is 2.33. The van der Waals surface area contributed by atoms with Gasteiger partial charge in [0, 0.05) is 17.5 Å². The smallest absolute Gasteiger partial charge is 0.125 e. The van der Waals surface area contributed by atoms with E-state index in [0.717, 1.165) is 11.5 Å². The molecule has 1 aliphatic rings. The molecule has 0 aromatic heterocycles. The molecule has 1 heterocycles. The van der Waals surface area contributed by atoms with Crippen LogP contribution in [-0.4, -0.2) is 16.2 Å². The van der Waals surface area contributed by atoms with E-state index in [-0.39, 0.29) is 5.54 Å². The van der Waals surface area contributed by atoms with Gasteiger partial charge in [0.15, 0.2) is 0 Å². The maximum atomic E-state index is 4.39. The first-order valence-corrected chi connectivity index (χ1v) is 4.54. The Morgan fingerprint density at radius 1 is 1.31 bits per heavy atom. The van der Waals surface area contributed by atoms with Gasteiger partial charge in [0.25, 0.3) is 0 Å². The van der Waals surface area contributed by atoms with Crippen LogP contribution in [0.5, 0.6) is 0 Å². The maximum absolute atomic E-state index is 4.39. The van der Waals surface area contributed by atoms with Crippen molar-refractivity contribution in [3.8, 4) is 0 Å². The average Bonchev–Trinajstić information content (AvgIpc) is 1.94. The summed E-state index contributed by atoms with van der Waals surface area (Å²) in [6.07, 6.45) is 2.12. The predicted molar refractivity (Wildman–Crippen MR) is 57.6 cm³/mol. The summed E-state index contributed by atoms with van der Waals surface area (Å²) in [6, 6.07) is 0. The highest BCUT2D eigenvalue weighted by Gasteiger charge is 2.23. The summed E-state index contributed by atoms with van der Waals surface area (Å²) in [4.78, 5) is 6.50. The fourth-order valence-corrected chi connectivity index (χ4v) is 1.28. The zero-order chi connectivity index (χ0) is 10.2. The van der Waals surface area contributed by atoms with E-state index in [1.54, 1.807) is 0 Å². The highest BCUT2D eigenvalue weighted by molar-refractivity contribution is 5.98. The first-order chi connectivity index (χ1) is 5.82. The second-order valence-corrected chi connectivity index (χ2v) is 4.47. The molecule has 72 valence electrons. The van der Waals surface area contributed by atoms with Crippen molar-refractivity contribution in [2.24, 2.45) is 4.99 Å². The lowest BCUT2D eigenvalue weighted by molar-refractivity contribution is 0.254. The third-order valence-corrected chi connectivity index (χ3v) is 2.19. The van der Waals surface area contributed by atoms with E-state index in [4.69, 9.17) is 0 Å². The van der Waals surface area contributed by atoms with Crippen molar-refractivity contribution >= 4 is 5.71 Å². The zero-order valence-corrected chi connectivity index (χ0v) is 9.18. The highest BCUT2D eigenvalue weighted by atomic mass is 15.3. The molecule has 1 aliphatic heterocycles. The monoisotopic (exact) mass is 178 g/mol. The largest absolute Gasteiger partial charge is 0.328 e. The number of rotatable bonds is 0. The van der Waals surface area contributed by atoms with Gasteiger partial charge in [-0.3, -0.25) is 0 Å². The Morgan fingerprint density at radius 2 is 1.85 bits per heavy atom. The van der Waals surface area contributed by atoms with Gasteiger partial charge in [-0.2, -0.15) is 0 Å². The van der Waals surface area contributed by atoms with Crippen molar-refractivity contribution in [3.05, 3.63) is 24.2 Å². The van der Waals surface area contributed by atoms with Gasteiger partial charge in [0.05, 0.1) is 0 Å². The molecule has 0 aliphatic carbocycles. The standard InChI is InChI=1S/C11H18N2/c1-8-7-13(11(4,5)6)10(3)12-9(8)2/h7H,3H2,1-2,4-6H3. The number of nitrogens with zero attached hydrogens (tertiary/aromatic N) is 2. The van der Waals surface area contributed by atoms with E-state index in [1.165, 1.54) is 5.57 Å². The molecule has 0 atom stereocenters. The second kappa shape index (κ2) is 3.02. The topological polar surface area (TPSA) is 15.6 Å². The van der Waals surface area contributed by atoms with Crippen LogP contribution < -0.4 is 0 Å². The number of aliphatic imine (C=N–C) groups is 1. The SMILES string of the molecule is C=C1N=C(C)C(C)=CN1C(C)(C)C. The molecule has 0 saturated carbocycles. The van der Waals surface area contributed by atoms with Crippen LogP contribution in [-0.2, 0) is 0 Å². The summed E-state index contributed by atoms with van der Waals surface area (Å²) >= 11 is 0. The van der Waals surface area contributed by atoms with Crippen molar-refractivity contribution in [1.82, 2.24) is 4.90 Å². The van der Waals surface area contributed by atoms with Gasteiger partial charge in [-0.05, 0) is 40.2 Å². The van der Waals surface area contributed by atoms with Gasteiger partial charge < -0.3 is 4.90 Å².